The zero-order valence-corrected chi connectivity index (χ0v) is 15.0. The number of carbonyl (C=O) groups is 1. The molecule has 3 aromatic rings. The molecule has 1 amide bonds. The van der Waals surface area contributed by atoms with Crippen LogP contribution in [0.5, 0.6) is 0 Å². The van der Waals surface area contributed by atoms with Crippen LogP contribution in [0.4, 0.5) is 4.39 Å². The number of amides is 1. The summed E-state index contributed by atoms with van der Waals surface area (Å²) in [6, 6.07) is 10.1. The van der Waals surface area contributed by atoms with Crippen LogP contribution in [0, 0.1) is 5.82 Å². The Morgan fingerprint density at radius 3 is 2.69 bits per heavy atom. The number of halogens is 1. The third kappa shape index (κ3) is 4.26. The van der Waals surface area contributed by atoms with Gasteiger partial charge in [0, 0.05) is 36.6 Å². The summed E-state index contributed by atoms with van der Waals surface area (Å²) in [5, 5.41) is 11.8. The number of hydrogen-bond acceptors (Lipinski definition) is 5. The van der Waals surface area contributed by atoms with Crippen molar-refractivity contribution in [1.82, 2.24) is 25.1 Å². The van der Waals surface area contributed by atoms with Gasteiger partial charge in [0.05, 0.1) is 5.75 Å². The van der Waals surface area contributed by atoms with Crippen molar-refractivity contribution in [3.63, 3.8) is 0 Å². The second kappa shape index (κ2) is 8.57. The standard InChI is InChI=1S/C18H18FN5OS/c1-2-24-17(13-7-9-20-10-8-13)22-23-18(24)26-12-16(25)21-11-14-5-3-4-6-15(14)19/h3-10H,2,11-12H2,1H3,(H,21,25). The molecule has 1 N–H and O–H groups in total. The van der Waals surface area contributed by atoms with Gasteiger partial charge in [0.25, 0.3) is 0 Å². The molecule has 6 nitrogen and oxygen atoms in total. The molecule has 0 aliphatic carbocycles. The van der Waals surface area contributed by atoms with Crippen molar-refractivity contribution in [2.75, 3.05) is 5.75 Å². The molecule has 8 heteroatoms. The van der Waals surface area contributed by atoms with E-state index in [-0.39, 0.29) is 24.0 Å². The highest BCUT2D eigenvalue weighted by molar-refractivity contribution is 7.99. The summed E-state index contributed by atoms with van der Waals surface area (Å²) in [5.41, 5.74) is 1.38. The molecular formula is C18H18FN5OS. The van der Waals surface area contributed by atoms with Crippen LogP contribution in [0.15, 0.2) is 53.9 Å². The molecule has 3 rings (SSSR count). The van der Waals surface area contributed by atoms with Crippen molar-refractivity contribution < 1.29 is 9.18 Å². The minimum atomic E-state index is -0.326. The number of benzene rings is 1. The maximum atomic E-state index is 13.6. The summed E-state index contributed by atoms with van der Waals surface area (Å²) in [4.78, 5) is 16.1. The summed E-state index contributed by atoms with van der Waals surface area (Å²) in [6.07, 6.45) is 3.40. The first kappa shape index (κ1) is 18.1. The monoisotopic (exact) mass is 371 g/mol. The minimum absolute atomic E-state index is 0.162. The highest BCUT2D eigenvalue weighted by Gasteiger charge is 2.14. The average molecular weight is 371 g/mol. The van der Waals surface area contributed by atoms with E-state index in [0.29, 0.717) is 17.3 Å². The van der Waals surface area contributed by atoms with E-state index in [1.165, 1.54) is 17.8 Å². The third-order valence-corrected chi connectivity index (χ3v) is 4.70. The molecule has 1 aromatic carbocycles. The van der Waals surface area contributed by atoms with Crippen LogP contribution in [0.3, 0.4) is 0 Å². The number of hydrogen-bond donors (Lipinski definition) is 1. The van der Waals surface area contributed by atoms with Crippen molar-refractivity contribution >= 4 is 17.7 Å². The van der Waals surface area contributed by atoms with E-state index in [1.54, 1.807) is 30.6 Å². The fraction of sp³-hybridized carbons (Fsp3) is 0.222. The summed E-state index contributed by atoms with van der Waals surface area (Å²) in [7, 11) is 0. The van der Waals surface area contributed by atoms with E-state index < -0.39 is 0 Å². The largest absolute Gasteiger partial charge is 0.351 e. The van der Waals surface area contributed by atoms with Gasteiger partial charge in [-0.2, -0.15) is 0 Å². The van der Waals surface area contributed by atoms with Gasteiger partial charge in [0.15, 0.2) is 11.0 Å². The molecule has 0 atom stereocenters. The predicted molar refractivity (Wildman–Crippen MR) is 97.9 cm³/mol. The smallest absolute Gasteiger partial charge is 0.230 e. The molecule has 0 saturated carbocycles. The first-order chi connectivity index (χ1) is 12.7. The second-order valence-electron chi connectivity index (χ2n) is 5.44. The number of thioether (sulfide) groups is 1. The normalized spacial score (nSPS) is 10.7. The van der Waals surface area contributed by atoms with Crippen LogP contribution >= 0.6 is 11.8 Å². The predicted octanol–water partition coefficient (Wildman–Crippen LogP) is 2.91. The van der Waals surface area contributed by atoms with Crippen LogP contribution in [-0.4, -0.2) is 31.4 Å². The van der Waals surface area contributed by atoms with Crippen molar-refractivity contribution in [3.8, 4) is 11.4 Å². The molecule has 2 aromatic heterocycles. The van der Waals surface area contributed by atoms with E-state index in [4.69, 9.17) is 0 Å². The SMILES string of the molecule is CCn1c(SCC(=O)NCc2ccccc2F)nnc1-c1ccncc1. The van der Waals surface area contributed by atoms with E-state index in [1.807, 2.05) is 23.6 Å². The second-order valence-corrected chi connectivity index (χ2v) is 6.39. The van der Waals surface area contributed by atoms with Crippen molar-refractivity contribution in [2.24, 2.45) is 0 Å². The van der Waals surface area contributed by atoms with Gasteiger partial charge >= 0.3 is 0 Å². The van der Waals surface area contributed by atoms with E-state index in [0.717, 1.165) is 11.4 Å². The van der Waals surface area contributed by atoms with Gasteiger partial charge in [0.1, 0.15) is 5.82 Å². The number of rotatable bonds is 7. The molecule has 0 fully saturated rings. The van der Waals surface area contributed by atoms with Gasteiger partial charge in [-0.1, -0.05) is 30.0 Å². The lowest BCUT2D eigenvalue weighted by Gasteiger charge is -2.08. The fourth-order valence-corrected chi connectivity index (χ4v) is 3.24. The Bertz CT molecular complexity index is 884. The number of carbonyl (C=O) groups excluding carboxylic acids is 1. The first-order valence-electron chi connectivity index (χ1n) is 8.15. The number of nitrogens with zero attached hydrogens (tertiary/aromatic N) is 4. The Labute approximate surface area is 154 Å². The lowest BCUT2D eigenvalue weighted by atomic mass is 10.2. The Kier molecular flexibility index (Phi) is 5.96. The summed E-state index contributed by atoms with van der Waals surface area (Å²) < 4.78 is 15.5. The fourth-order valence-electron chi connectivity index (χ4n) is 2.41. The summed E-state index contributed by atoms with van der Waals surface area (Å²) in [5.74, 6) is 0.412. The van der Waals surface area contributed by atoms with Gasteiger partial charge in [0.2, 0.25) is 5.91 Å². The molecule has 0 bridgehead atoms. The molecule has 0 spiro atoms. The summed E-state index contributed by atoms with van der Waals surface area (Å²) >= 11 is 1.30. The van der Waals surface area contributed by atoms with Gasteiger partial charge in [-0.25, -0.2) is 4.39 Å². The third-order valence-electron chi connectivity index (χ3n) is 3.74. The van der Waals surface area contributed by atoms with Crippen molar-refractivity contribution in [2.45, 2.75) is 25.2 Å². The lowest BCUT2D eigenvalue weighted by Crippen LogP contribution is -2.25. The van der Waals surface area contributed by atoms with Crippen LogP contribution in [0.25, 0.3) is 11.4 Å². The van der Waals surface area contributed by atoms with E-state index in [2.05, 4.69) is 20.5 Å². The Hall–Kier alpha value is -2.74. The maximum Gasteiger partial charge on any atom is 0.230 e. The summed E-state index contributed by atoms with van der Waals surface area (Å²) in [6.45, 7) is 2.84. The zero-order chi connectivity index (χ0) is 18.4. The Balaban J connectivity index is 1.60. The quantitative estimate of drug-likeness (QED) is 0.647. The minimum Gasteiger partial charge on any atom is -0.351 e. The Morgan fingerprint density at radius 1 is 1.19 bits per heavy atom. The highest BCUT2D eigenvalue weighted by Crippen LogP contribution is 2.23. The number of pyridine rings is 1. The van der Waals surface area contributed by atoms with Gasteiger partial charge < -0.3 is 9.88 Å². The number of nitrogens with one attached hydrogen (secondary N) is 1. The topological polar surface area (TPSA) is 72.7 Å². The van der Waals surface area contributed by atoms with Crippen molar-refractivity contribution in [1.29, 1.82) is 0 Å². The first-order valence-corrected chi connectivity index (χ1v) is 9.14. The van der Waals surface area contributed by atoms with E-state index >= 15 is 0 Å². The van der Waals surface area contributed by atoms with Crippen LogP contribution in [0.1, 0.15) is 12.5 Å². The maximum absolute atomic E-state index is 13.6. The van der Waals surface area contributed by atoms with Gasteiger partial charge in [-0.05, 0) is 25.1 Å². The zero-order valence-electron chi connectivity index (χ0n) is 14.2. The van der Waals surface area contributed by atoms with E-state index in [9.17, 15) is 9.18 Å². The lowest BCUT2D eigenvalue weighted by molar-refractivity contribution is -0.118. The van der Waals surface area contributed by atoms with Crippen LogP contribution in [-0.2, 0) is 17.9 Å². The Morgan fingerprint density at radius 2 is 1.96 bits per heavy atom. The molecule has 2 heterocycles. The molecular weight excluding hydrogens is 353 g/mol. The molecule has 134 valence electrons. The van der Waals surface area contributed by atoms with Crippen molar-refractivity contribution in [3.05, 3.63) is 60.2 Å². The molecule has 26 heavy (non-hydrogen) atoms. The molecule has 0 saturated heterocycles. The van der Waals surface area contributed by atoms with Crippen LogP contribution < -0.4 is 5.32 Å². The van der Waals surface area contributed by atoms with Gasteiger partial charge in [-0.3, -0.25) is 9.78 Å². The number of aromatic nitrogens is 4. The molecule has 0 aliphatic rings. The molecule has 0 aliphatic heterocycles. The highest BCUT2D eigenvalue weighted by atomic mass is 32.2. The molecule has 0 radical (unpaired) electrons. The van der Waals surface area contributed by atoms with Crippen LogP contribution in [0.2, 0.25) is 0 Å². The average Bonchev–Trinajstić information content (AvgIpc) is 3.09. The molecule has 0 unspecified atom stereocenters. The van der Waals surface area contributed by atoms with Gasteiger partial charge in [-0.15, -0.1) is 10.2 Å².